The maximum Gasteiger partial charge on any atom is 0.328 e. The maximum absolute atomic E-state index is 12.7. The third kappa shape index (κ3) is 6.96. The van der Waals surface area contributed by atoms with Crippen LogP contribution in [0.3, 0.4) is 0 Å². The first kappa shape index (κ1) is 24.3. The lowest BCUT2D eigenvalue weighted by molar-refractivity contribution is -0.146. The highest BCUT2D eigenvalue weighted by Crippen LogP contribution is 2.19. The summed E-state index contributed by atoms with van der Waals surface area (Å²) in [4.78, 5) is 59.6. The van der Waals surface area contributed by atoms with Crippen LogP contribution in [0.1, 0.15) is 25.7 Å². The van der Waals surface area contributed by atoms with Crippen molar-refractivity contribution in [2.24, 2.45) is 5.73 Å². The van der Waals surface area contributed by atoms with Gasteiger partial charge in [-0.25, -0.2) is 4.79 Å². The number of carbonyl (C=O) groups excluding carboxylic acids is 3. The SMILES string of the molecule is NC(CCC(=O)O)C(=O)NC(CO)C(=O)N1CCCC1C(=O)NC(CO)C(=O)O. The normalized spacial score (nSPS) is 19.1. The van der Waals surface area contributed by atoms with Crippen molar-refractivity contribution in [3.8, 4) is 0 Å². The molecule has 0 radical (unpaired) electrons. The van der Waals surface area contributed by atoms with E-state index >= 15 is 0 Å². The summed E-state index contributed by atoms with van der Waals surface area (Å²) in [5.74, 6) is -4.95. The zero-order valence-electron chi connectivity index (χ0n) is 15.6. The predicted molar refractivity (Wildman–Crippen MR) is 95.2 cm³/mol. The zero-order valence-corrected chi connectivity index (χ0v) is 15.6. The first-order chi connectivity index (χ1) is 13.6. The monoisotopic (exact) mass is 418 g/mol. The highest BCUT2D eigenvalue weighted by atomic mass is 16.4. The van der Waals surface area contributed by atoms with Gasteiger partial charge >= 0.3 is 11.9 Å². The van der Waals surface area contributed by atoms with Gasteiger partial charge in [-0.3, -0.25) is 19.2 Å². The van der Waals surface area contributed by atoms with Crippen LogP contribution < -0.4 is 16.4 Å². The molecule has 0 saturated carbocycles. The highest BCUT2D eigenvalue weighted by Gasteiger charge is 2.38. The topological polar surface area (TPSA) is 220 Å². The molecule has 0 aliphatic carbocycles. The first-order valence-corrected chi connectivity index (χ1v) is 8.95. The van der Waals surface area contributed by atoms with Crippen LogP contribution in [0.15, 0.2) is 0 Å². The number of hydrogen-bond acceptors (Lipinski definition) is 8. The molecule has 4 unspecified atom stereocenters. The summed E-state index contributed by atoms with van der Waals surface area (Å²) in [6.45, 7) is -1.47. The zero-order chi connectivity index (χ0) is 22.1. The number of amides is 3. The number of carboxylic acid groups (broad SMARTS) is 2. The summed E-state index contributed by atoms with van der Waals surface area (Å²) in [7, 11) is 0. The Morgan fingerprint density at radius 2 is 1.66 bits per heavy atom. The molecule has 1 saturated heterocycles. The largest absolute Gasteiger partial charge is 0.481 e. The lowest BCUT2D eigenvalue weighted by atomic mass is 10.1. The molecule has 0 aromatic carbocycles. The van der Waals surface area contributed by atoms with E-state index in [0.717, 1.165) is 4.90 Å². The number of aliphatic hydroxyl groups is 2. The Balaban J connectivity index is 2.76. The average molecular weight is 418 g/mol. The van der Waals surface area contributed by atoms with E-state index in [1.807, 2.05) is 0 Å². The molecule has 1 fully saturated rings. The van der Waals surface area contributed by atoms with Crippen LogP contribution in [-0.4, -0.2) is 98.9 Å². The number of carbonyl (C=O) groups is 5. The summed E-state index contributed by atoms with van der Waals surface area (Å²) in [6, 6.07) is -5.16. The van der Waals surface area contributed by atoms with Gasteiger partial charge in [0.25, 0.3) is 0 Å². The van der Waals surface area contributed by atoms with Crippen molar-refractivity contribution in [1.82, 2.24) is 15.5 Å². The molecule has 0 aromatic rings. The first-order valence-electron chi connectivity index (χ1n) is 8.95. The van der Waals surface area contributed by atoms with E-state index in [0.29, 0.717) is 6.42 Å². The van der Waals surface area contributed by atoms with Crippen molar-refractivity contribution in [2.75, 3.05) is 19.8 Å². The van der Waals surface area contributed by atoms with Gasteiger partial charge in [0, 0.05) is 13.0 Å². The molecule has 1 rings (SSSR count). The number of carboxylic acids is 2. The minimum Gasteiger partial charge on any atom is -0.481 e. The van der Waals surface area contributed by atoms with E-state index < -0.39 is 67.0 Å². The summed E-state index contributed by atoms with van der Waals surface area (Å²) in [6.07, 6.45) is 0.154. The fourth-order valence-corrected chi connectivity index (χ4v) is 2.83. The van der Waals surface area contributed by atoms with Crippen molar-refractivity contribution in [3.05, 3.63) is 0 Å². The number of likely N-dealkylation sites (tertiary alicyclic amines) is 1. The van der Waals surface area contributed by atoms with E-state index in [1.54, 1.807) is 0 Å². The molecule has 1 aliphatic rings. The number of aliphatic hydroxyl groups excluding tert-OH is 2. The van der Waals surface area contributed by atoms with Gasteiger partial charge in [-0.05, 0) is 19.3 Å². The van der Waals surface area contributed by atoms with Crippen molar-refractivity contribution < 1.29 is 44.4 Å². The van der Waals surface area contributed by atoms with Crippen LogP contribution in [-0.2, 0) is 24.0 Å². The summed E-state index contributed by atoms with van der Waals surface area (Å²) < 4.78 is 0. The van der Waals surface area contributed by atoms with Crippen LogP contribution in [0.25, 0.3) is 0 Å². The molecular formula is C16H26N4O9. The second-order valence-corrected chi connectivity index (χ2v) is 6.55. The smallest absolute Gasteiger partial charge is 0.328 e. The Labute approximate surface area is 165 Å². The summed E-state index contributed by atoms with van der Waals surface area (Å²) in [5, 5.41) is 40.4. The minimum atomic E-state index is -1.53. The molecule has 3 amide bonds. The van der Waals surface area contributed by atoms with Crippen LogP contribution in [0, 0.1) is 0 Å². The van der Waals surface area contributed by atoms with E-state index in [2.05, 4.69) is 10.6 Å². The molecule has 1 heterocycles. The van der Waals surface area contributed by atoms with Gasteiger partial charge in [0.2, 0.25) is 17.7 Å². The molecule has 8 N–H and O–H groups in total. The Morgan fingerprint density at radius 1 is 1.03 bits per heavy atom. The van der Waals surface area contributed by atoms with Crippen molar-refractivity contribution in [2.45, 2.75) is 49.9 Å². The molecular weight excluding hydrogens is 392 g/mol. The Bertz CT molecular complexity index is 642. The predicted octanol–water partition coefficient (Wildman–Crippen LogP) is -3.79. The van der Waals surface area contributed by atoms with E-state index in [1.165, 1.54) is 0 Å². The Morgan fingerprint density at radius 3 is 2.17 bits per heavy atom. The molecule has 4 atom stereocenters. The number of nitrogens with zero attached hydrogens (tertiary/aromatic N) is 1. The Kier molecular flexibility index (Phi) is 9.44. The lowest BCUT2D eigenvalue weighted by Gasteiger charge is -2.29. The van der Waals surface area contributed by atoms with Gasteiger partial charge in [0.05, 0.1) is 19.3 Å². The maximum atomic E-state index is 12.7. The van der Waals surface area contributed by atoms with Gasteiger partial charge in [-0.1, -0.05) is 0 Å². The number of nitrogens with one attached hydrogen (secondary N) is 2. The van der Waals surface area contributed by atoms with Crippen LogP contribution in [0.5, 0.6) is 0 Å². The van der Waals surface area contributed by atoms with E-state index in [9.17, 15) is 29.1 Å². The number of aliphatic carboxylic acids is 2. The molecule has 1 aliphatic heterocycles. The van der Waals surface area contributed by atoms with Gasteiger partial charge in [0.15, 0.2) is 0 Å². The summed E-state index contributed by atoms with van der Waals surface area (Å²) >= 11 is 0. The molecule has 13 heteroatoms. The summed E-state index contributed by atoms with van der Waals surface area (Å²) in [5.41, 5.74) is 5.57. The van der Waals surface area contributed by atoms with Crippen LogP contribution >= 0.6 is 0 Å². The molecule has 0 bridgehead atoms. The van der Waals surface area contributed by atoms with E-state index in [-0.39, 0.29) is 25.8 Å². The van der Waals surface area contributed by atoms with Crippen molar-refractivity contribution in [3.63, 3.8) is 0 Å². The van der Waals surface area contributed by atoms with Crippen molar-refractivity contribution >= 4 is 29.7 Å². The highest BCUT2D eigenvalue weighted by molar-refractivity contribution is 5.94. The fourth-order valence-electron chi connectivity index (χ4n) is 2.83. The number of rotatable bonds is 11. The standard InChI is InChI=1S/C16H26N4O9/c17-8(3-4-12(23)24)13(25)18-9(6-21)15(27)20-5-1-2-11(20)14(26)19-10(7-22)16(28)29/h8-11,21-22H,1-7,17H2,(H,18,25)(H,19,26)(H,23,24)(H,28,29). The third-order valence-electron chi connectivity index (χ3n) is 4.44. The number of nitrogens with two attached hydrogens (primary N) is 1. The lowest BCUT2D eigenvalue weighted by Crippen LogP contribution is -2.58. The Hall–Kier alpha value is -2.77. The van der Waals surface area contributed by atoms with Gasteiger partial charge < -0.3 is 41.7 Å². The van der Waals surface area contributed by atoms with Crippen LogP contribution in [0.2, 0.25) is 0 Å². The quantitative estimate of drug-likeness (QED) is 0.173. The second kappa shape index (κ2) is 11.3. The van der Waals surface area contributed by atoms with Gasteiger partial charge in [-0.2, -0.15) is 0 Å². The molecule has 13 nitrogen and oxygen atoms in total. The number of hydrogen-bond donors (Lipinski definition) is 7. The minimum absolute atomic E-state index is 0.144. The van der Waals surface area contributed by atoms with Crippen LogP contribution in [0.4, 0.5) is 0 Å². The molecule has 29 heavy (non-hydrogen) atoms. The van der Waals surface area contributed by atoms with Gasteiger partial charge in [-0.15, -0.1) is 0 Å². The van der Waals surface area contributed by atoms with E-state index in [4.69, 9.17) is 21.1 Å². The third-order valence-corrected chi connectivity index (χ3v) is 4.44. The molecule has 0 spiro atoms. The van der Waals surface area contributed by atoms with Crippen molar-refractivity contribution in [1.29, 1.82) is 0 Å². The fraction of sp³-hybridized carbons (Fsp3) is 0.688. The second-order valence-electron chi connectivity index (χ2n) is 6.55. The van der Waals surface area contributed by atoms with Gasteiger partial charge in [0.1, 0.15) is 18.1 Å². The molecule has 0 aromatic heterocycles. The average Bonchev–Trinajstić information content (AvgIpc) is 3.16. The molecule has 164 valence electrons.